The zero-order valence-corrected chi connectivity index (χ0v) is 21.9. The maximum absolute atomic E-state index is 13.2. The van der Waals surface area contributed by atoms with Crippen molar-refractivity contribution in [2.24, 2.45) is 11.7 Å². The molecule has 3 amide bonds. The van der Waals surface area contributed by atoms with Crippen molar-refractivity contribution in [3.63, 3.8) is 0 Å². The Morgan fingerprint density at radius 3 is 2.03 bits per heavy atom. The number of benzene rings is 1. The zero-order chi connectivity index (χ0) is 26.5. The molecule has 1 rings (SSSR count). The zero-order valence-electron chi connectivity index (χ0n) is 20.2. The molecule has 0 spiro atoms. The molecule has 7 N–H and O–H groups in total. The van der Waals surface area contributed by atoms with Crippen LogP contribution in [0.25, 0.3) is 0 Å². The number of hydrogen-bond acceptors (Lipinski definition) is 8. The fourth-order valence-electron chi connectivity index (χ4n) is 3.21. The van der Waals surface area contributed by atoms with Crippen molar-refractivity contribution in [2.75, 3.05) is 17.8 Å². The van der Waals surface area contributed by atoms with Crippen LogP contribution in [-0.2, 0) is 25.6 Å². The van der Waals surface area contributed by atoms with Gasteiger partial charge in [-0.2, -0.15) is 24.4 Å². The van der Waals surface area contributed by atoms with E-state index in [0.717, 1.165) is 0 Å². The van der Waals surface area contributed by atoms with Gasteiger partial charge in [0.1, 0.15) is 23.9 Å². The van der Waals surface area contributed by atoms with Gasteiger partial charge in [-0.25, -0.2) is 4.79 Å². The second-order valence-corrected chi connectivity index (χ2v) is 9.94. The van der Waals surface area contributed by atoms with Crippen LogP contribution in [0.4, 0.5) is 0 Å². The molecule has 0 saturated heterocycles. The van der Waals surface area contributed by atoms with Crippen LogP contribution < -0.4 is 21.7 Å². The van der Waals surface area contributed by atoms with Gasteiger partial charge in [0.05, 0.1) is 6.04 Å². The van der Waals surface area contributed by atoms with E-state index in [1.165, 1.54) is 23.9 Å². The molecule has 0 aliphatic carbocycles. The topological polar surface area (TPSA) is 171 Å². The van der Waals surface area contributed by atoms with Gasteiger partial charge in [-0.3, -0.25) is 14.4 Å². The third kappa shape index (κ3) is 11.2. The molecule has 4 atom stereocenters. The second-order valence-electron chi connectivity index (χ2n) is 8.59. The average molecular weight is 529 g/mol. The summed E-state index contributed by atoms with van der Waals surface area (Å²) in [7, 11) is 0. The normalized spacial score (nSPS) is 14.5. The maximum Gasteiger partial charge on any atom is 0.327 e. The number of nitrogens with one attached hydrogen (secondary N) is 3. The molecule has 4 unspecified atom stereocenters. The molecule has 0 aliphatic rings. The first-order valence-electron chi connectivity index (χ1n) is 11.3. The summed E-state index contributed by atoms with van der Waals surface area (Å²) in [6, 6.07) is 1.98. The monoisotopic (exact) mass is 528 g/mol. The smallest absolute Gasteiger partial charge is 0.327 e. The van der Waals surface area contributed by atoms with Crippen LogP contribution in [0.3, 0.4) is 0 Å². The number of aliphatic carboxylic acids is 1. The van der Waals surface area contributed by atoms with Crippen LogP contribution >= 0.6 is 24.4 Å². The van der Waals surface area contributed by atoms with Gasteiger partial charge in [0.15, 0.2) is 0 Å². The highest BCUT2D eigenvalue weighted by atomic mass is 32.2. The Labute approximate surface area is 215 Å². The highest BCUT2D eigenvalue weighted by Gasteiger charge is 2.30. The predicted octanol–water partition coefficient (Wildman–Crippen LogP) is 0.530. The van der Waals surface area contributed by atoms with Gasteiger partial charge < -0.3 is 31.9 Å². The second kappa shape index (κ2) is 15.5. The van der Waals surface area contributed by atoms with Gasteiger partial charge in [-0.15, -0.1) is 0 Å². The Morgan fingerprint density at radius 1 is 0.971 bits per heavy atom. The minimum absolute atomic E-state index is 0.0345. The summed E-state index contributed by atoms with van der Waals surface area (Å²) < 4.78 is 0. The third-order valence-electron chi connectivity index (χ3n) is 5.11. The fraction of sp³-hybridized carbons (Fsp3) is 0.565. The largest absolute Gasteiger partial charge is 0.508 e. The Balaban J connectivity index is 3.08. The number of carbonyl (C=O) groups is 4. The van der Waals surface area contributed by atoms with E-state index >= 15 is 0 Å². The first-order chi connectivity index (χ1) is 16.5. The maximum atomic E-state index is 13.2. The van der Waals surface area contributed by atoms with Gasteiger partial charge in [-0.1, -0.05) is 26.0 Å². The Hall–Kier alpha value is -2.44. The number of thioether (sulfide) groups is 1. The predicted molar refractivity (Wildman–Crippen MR) is 140 cm³/mol. The molecular formula is C23H36N4O6S2. The van der Waals surface area contributed by atoms with Crippen molar-refractivity contribution in [3.8, 4) is 5.75 Å². The highest BCUT2D eigenvalue weighted by Crippen LogP contribution is 2.12. The molecule has 196 valence electrons. The molecule has 0 fully saturated rings. The summed E-state index contributed by atoms with van der Waals surface area (Å²) >= 11 is 5.46. The summed E-state index contributed by atoms with van der Waals surface area (Å²) in [5.41, 5.74) is 6.59. The molecule has 0 aliphatic heterocycles. The van der Waals surface area contributed by atoms with E-state index in [1.54, 1.807) is 12.1 Å². The van der Waals surface area contributed by atoms with Crippen molar-refractivity contribution in [1.82, 2.24) is 16.0 Å². The molecule has 0 heterocycles. The van der Waals surface area contributed by atoms with Gasteiger partial charge in [-0.05, 0) is 48.5 Å². The number of carbonyl (C=O) groups excluding carboxylic acids is 3. The number of phenols is 1. The molecule has 12 heteroatoms. The first kappa shape index (κ1) is 30.6. The molecule has 10 nitrogen and oxygen atoms in total. The van der Waals surface area contributed by atoms with Crippen molar-refractivity contribution in [3.05, 3.63) is 29.8 Å². The lowest BCUT2D eigenvalue weighted by Crippen LogP contribution is -2.58. The fourth-order valence-corrected chi connectivity index (χ4v) is 3.92. The Morgan fingerprint density at radius 2 is 1.51 bits per heavy atom. The summed E-state index contributed by atoms with van der Waals surface area (Å²) in [6.07, 6.45) is 2.67. The average Bonchev–Trinajstić information content (AvgIpc) is 2.79. The van der Waals surface area contributed by atoms with Crippen LogP contribution in [0.5, 0.6) is 5.75 Å². The highest BCUT2D eigenvalue weighted by molar-refractivity contribution is 7.98. The molecule has 0 aromatic heterocycles. The van der Waals surface area contributed by atoms with Crippen LogP contribution in [0, 0.1) is 5.92 Å². The van der Waals surface area contributed by atoms with E-state index < -0.39 is 47.9 Å². The van der Waals surface area contributed by atoms with E-state index in [-0.39, 0.29) is 23.8 Å². The van der Waals surface area contributed by atoms with Gasteiger partial charge in [0, 0.05) is 12.2 Å². The number of nitrogens with two attached hydrogens (primary N) is 1. The van der Waals surface area contributed by atoms with Crippen molar-refractivity contribution < 1.29 is 29.4 Å². The number of carboxylic acid groups (broad SMARTS) is 1. The first-order valence-corrected chi connectivity index (χ1v) is 13.3. The number of hydrogen-bond donors (Lipinski definition) is 7. The summed E-state index contributed by atoms with van der Waals surface area (Å²) in [4.78, 5) is 50.0. The van der Waals surface area contributed by atoms with Gasteiger partial charge >= 0.3 is 5.97 Å². The van der Waals surface area contributed by atoms with E-state index in [9.17, 15) is 29.4 Å². The molecule has 1 aromatic carbocycles. The standard InChI is InChI=1S/C23H36N4O6S2/c1-13(2)10-16(24)20(29)25-17(8-9-35-3)21(30)26-18(11-14-4-6-15(28)7-5-14)22(31)27-19(12-34)23(32)33/h4-7,13,16-19,28,34H,8-12,24H2,1-3H3,(H,25,29)(H,26,30)(H,27,31)(H,32,33). The van der Waals surface area contributed by atoms with Gasteiger partial charge in [0.2, 0.25) is 17.7 Å². The minimum Gasteiger partial charge on any atom is -0.508 e. The van der Waals surface area contributed by atoms with E-state index in [1.807, 2.05) is 20.1 Å². The van der Waals surface area contributed by atoms with E-state index in [2.05, 4.69) is 28.6 Å². The third-order valence-corrected chi connectivity index (χ3v) is 6.12. The SMILES string of the molecule is CSCCC(NC(=O)C(N)CC(C)C)C(=O)NC(Cc1ccc(O)cc1)C(=O)NC(CS)C(=O)O. The molecule has 1 aromatic rings. The summed E-state index contributed by atoms with van der Waals surface area (Å²) in [6.45, 7) is 3.87. The number of amides is 3. The van der Waals surface area contributed by atoms with Crippen molar-refractivity contribution in [1.29, 1.82) is 0 Å². The molecular weight excluding hydrogens is 492 g/mol. The lowest BCUT2D eigenvalue weighted by molar-refractivity contribution is -0.141. The summed E-state index contributed by atoms with van der Waals surface area (Å²) in [5.74, 6) is -2.33. The van der Waals surface area contributed by atoms with Crippen LogP contribution in [0.2, 0.25) is 0 Å². The van der Waals surface area contributed by atoms with Gasteiger partial charge in [0.25, 0.3) is 0 Å². The quantitative estimate of drug-likeness (QED) is 0.162. The minimum atomic E-state index is -1.26. The number of aromatic hydroxyl groups is 1. The molecule has 0 bridgehead atoms. The molecule has 35 heavy (non-hydrogen) atoms. The van der Waals surface area contributed by atoms with E-state index in [4.69, 9.17) is 5.73 Å². The van der Waals surface area contributed by atoms with Crippen molar-refractivity contribution >= 4 is 48.1 Å². The lowest BCUT2D eigenvalue weighted by Gasteiger charge is -2.25. The number of carboxylic acids is 1. The lowest BCUT2D eigenvalue weighted by atomic mass is 10.0. The Bertz CT molecular complexity index is 853. The van der Waals surface area contributed by atoms with Crippen LogP contribution in [0.15, 0.2) is 24.3 Å². The summed E-state index contributed by atoms with van der Waals surface area (Å²) in [5, 5.41) is 26.5. The number of thiol groups is 1. The van der Waals surface area contributed by atoms with E-state index in [0.29, 0.717) is 24.2 Å². The molecule has 0 radical (unpaired) electrons. The molecule has 0 saturated carbocycles. The van der Waals surface area contributed by atoms with Crippen LogP contribution in [-0.4, -0.2) is 75.8 Å². The number of phenolic OH excluding ortho intramolecular Hbond substituents is 1. The Kier molecular flexibility index (Phi) is 13.6. The van der Waals surface area contributed by atoms with Crippen molar-refractivity contribution in [2.45, 2.75) is 57.3 Å². The van der Waals surface area contributed by atoms with Crippen LogP contribution in [0.1, 0.15) is 32.3 Å². The number of rotatable bonds is 15.